The molecule has 1 heterocycles. The van der Waals surface area contributed by atoms with Crippen LogP contribution in [0.15, 0.2) is 88.8 Å². The molecule has 0 saturated carbocycles. The lowest BCUT2D eigenvalue weighted by Crippen LogP contribution is -2.29. The van der Waals surface area contributed by atoms with Gasteiger partial charge in [0, 0.05) is 24.2 Å². The molecule has 1 amide bonds. The van der Waals surface area contributed by atoms with Crippen molar-refractivity contribution in [3.63, 3.8) is 0 Å². The third-order valence-electron chi connectivity index (χ3n) is 5.66. The summed E-state index contributed by atoms with van der Waals surface area (Å²) >= 11 is 0. The average molecular weight is 454 g/mol. The Balaban J connectivity index is 1.57. The Kier molecular flexibility index (Phi) is 7.13. The molecule has 1 N–H and O–H groups in total. The van der Waals surface area contributed by atoms with E-state index in [1.807, 2.05) is 54.6 Å². The number of aromatic nitrogens is 2. The molecule has 0 saturated heterocycles. The first-order valence-corrected chi connectivity index (χ1v) is 11.3. The van der Waals surface area contributed by atoms with Gasteiger partial charge in [-0.2, -0.15) is 10.2 Å². The third-order valence-corrected chi connectivity index (χ3v) is 5.66. The Morgan fingerprint density at radius 1 is 0.941 bits per heavy atom. The molecule has 0 fully saturated rings. The highest BCUT2D eigenvalue weighted by Gasteiger charge is 2.16. The van der Waals surface area contributed by atoms with E-state index in [4.69, 9.17) is 0 Å². The second-order valence-electron chi connectivity index (χ2n) is 7.81. The van der Waals surface area contributed by atoms with Crippen LogP contribution in [0.4, 0.5) is 5.69 Å². The van der Waals surface area contributed by atoms with E-state index >= 15 is 0 Å². The lowest BCUT2D eigenvalue weighted by Gasteiger charge is -2.20. The van der Waals surface area contributed by atoms with Gasteiger partial charge in [0.05, 0.1) is 18.1 Å². The van der Waals surface area contributed by atoms with Gasteiger partial charge in [0.15, 0.2) is 5.69 Å². The molecule has 7 nitrogen and oxygen atoms in total. The minimum Gasteiger partial charge on any atom is -0.372 e. The van der Waals surface area contributed by atoms with Crippen LogP contribution in [0, 0.1) is 0 Å². The van der Waals surface area contributed by atoms with Gasteiger partial charge in [-0.05, 0) is 43.2 Å². The minimum atomic E-state index is -0.478. The molecule has 0 aliphatic rings. The molecule has 0 aliphatic heterocycles. The first kappa shape index (κ1) is 22.9. The first-order valence-electron chi connectivity index (χ1n) is 11.3. The number of hydrogen-bond acceptors (Lipinski definition) is 5. The molecule has 4 aromatic rings. The van der Waals surface area contributed by atoms with Crippen molar-refractivity contribution in [1.82, 2.24) is 15.2 Å². The summed E-state index contributed by atoms with van der Waals surface area (Å²) in [5.74, 6) is -0.478. The number of hydrazone groups is 1. The Bertz CT molecular complexity index is 1360. The van der Waals surface area contributed by atoms with Crippen LogP contribution in [0.5, 0.6) is 0 Å². The minimum absolute atomic E-state index is 0.153. The number of benzene rings is 3. The summed E-state index contributed by atoms with van der Waals surface area (Å²) in [7, 11) is 0. The molecule has 1 aromatic heterocycles. The van der Waals surface area contributed by atoms with E-state index in [1.54, 1.807) is 30.5 Å². The maximum Gasteiger partial charge on any atom is 0.292 e. The predicted molar refractivity (Wildman–Crippen MR) is 137 cm³/mol. The maximum atomic E-state index is 13.0. The summed E-state index contributed by atoms with van der Waals surface area (Å²) in [6.45, 7) is 6.39. The van der Waals surface area contributed by atoms with Gasteiger partial charge in [-0.25, -0.2) is 10.1 Å². The zero-order valence-corrected chi connectivity index (χ0v) is 19.3. The fourth-order valence-electron chi connectivity index (χ4n) is 3.84. The lowest BCUT2D eigenvalue weighted by molar-refractivity contribution is 0.0949. The topological polar surface area (TPSA) is 79.6 Å². The van der Waals surface area contributed by atoms with Crippen LogP contribution < -0.4 is 15.9 Å². The Morgan fingerprint density at radius 2 is 1.59 bits per heavy atom. The van der Waals surface area contributed by atoms with Crippen molar-refractivity contribution in [2.24, 2.45) is 5.10 Å². The van der Waals surface area contributed by atoms with Crippen LogP contribution in [0.3, 0.4) is 0 Å². The van der Waals surface area contributed by atoms with Crippen LogP contribution in [0.1, 0.15) is 35.5 Å². The third kappa shape index (κ3) is 5.04. The van der Waals surface area contributed by atoms with Crippen LogP contribution in [-0.2, 0) is 6.54 Å². The fourth-order valence-corrected chi connectivity index (χ4v) is 3.84. The Hall–Kier alpha value is -4.26. The van der Waals surface area contributed by atoms with Crippen molar-refractivity contribution in [2.75, 3.05) is 18.0 Å². The van der Waals surface area contributed by atoms with E-state index in [0.29, 0.717) is 10.8 Å². The van der Waals surface area contributed by atoms with Gasteiger partial charge >= 0.3 is 0 Å². The zero-order valence-electron chi connectivity index (χ0n) is 19.3. The number of carbonyl (C=O) groups is 1. The zero-order chi connectivity index (χ0) is 23.9. The molecule has 0 spiro atoms. The molecule has 0 atom stereocenters. The maximum absolute atomic E-state index is 13.0. The smallest absolute Gasteiger partial charge is 0.292 e. The molecular weight excluding hydrogens is 426 g/mol. The van der Waals surface area contributed by atoms with Crippen LogP contribution >= 0.6 is 0 Å². The Labute approximate surface area is 198 Å². The van der Waals surface area contributed by atoms with E-state index in [9.17, 15) is 9.59 Å². The molecule has 34 heavy (non-hydrogen) atoms. The summed E-state index contributed by atoms with van der Waals surface area (Å²) in [6.07, 6.45) is 1.59. The van der Waals surface area contributed by atoms with Gasteiger partial charge in [0.25, 0.3) is 11.5 Å². The summed E-state index contributed by atoms with van der Waals surface area (Å²) < 4.78 is 1.32. The molecule has 0 bridgehead atoms. The van der Waals surface area contributed by atoms with Crippen molar-refractivity contribution in [3.05, 3.63) is 106 Å². The summed E-state index contributed by atoms with van der Waals surface area (Å²) in [5.41, 5.74) is 5.39. The number of hydrogen-bond donors (Lipinski definition) is 1. The van der Waals surface area contributed by atoms with Crippen molar-refractivity contribution >= 4 is 28.6 Å². The number of anilines is 1. The number of fused-ring (bicyclic) bond motifs is 1. The van der Waals surface area contributed by atoms with Gasteiger partial charge in [-0.3, -0.25) is 9.59 Å². The largest absolute Gasteiger partial charge is 0.372 e. The lowest BCUT2D eigenvalue weighted by atomic mass is 10.1. The summed E-state index contributed by atoms with van der Waals surface area (Å²) in [5, 5.41) is 9.43. The van der Waals surface area contributed by atoms with Crippen molar-refractivity contribution in [3.8, 4) is 0 Å². The highest BCUT2D eigenvalue weighted by atomic mass is 16.2. The van der Waals surface area contributed by atoms with E-state index < -0.39 is 5.91 Å². The molecule has 0 unspecified atom stereocenters. The number of carbonyl (C=O) groups excluding carboxylic acids is 1. The number of rotatable bonds is 8. The number of nitrogens with one attached hydrogen (secondary N) is 1. The van der Waals surface area contributed by atoms with Crippen LogP contribution in [-0.4, -0.2) is 35.0 Å². The van der Waals surface area contributed by atoms with Gasteiger partial charge in [-0.15, -0.1) is 0 Å². The SMILES string of the molecule is CCN(CC)c1ccc(C=NNC(=O)c2nn(Cc3ccccc3)c(=O)c3ccccc23)cc1. The standard InChI is InChI=1S/C27H27N5O2/c1-3-31(4-2)22-16-14-20(15-17-22)18-28-29-26(33)25-23-12-8-9-13-24(23)27(34)32(30-25)19-21-10-6-5-7-11-21/h5-18H,3-4,19H2,1-2H3,(H,29,33). The average Bonchev–Trinajstić information content (AvgIpc) is 2.88. The molecule has 0 aliphatic carbocycles. The highest BCUT2D eigenvalue weighted by Crippen LogP contribution is 2.15. The highest BCUT2D eigenvalue weighted by molar-refractivity contribution is 6.05. The first-order chi connectivity index (χ1) is 16.6. The van der Waals surface area contributed by atoms with Crippen molar-refractivity contribution in [2.45, 2.75) is 20.4 Å². The van der Waals surface area contributed by atoms with Crippen LogP contribution in [0.2, 0.25) is 0 Å². The molecule has 172 valence electrons. The fraction of sp³-hybridized carbons (Fsp3) is 0.185. The van der Waals surface area contributed by atoms with Gasteiger partial charge in [0.2, 0.25) is 0 Å². The van der Waals surface area contributed by atoms with Crippen molar-refractivity contribution in [1.29, 1.82) is 0 Å². The Morgan fingerprint density at radius 3 is 2.26 bits per heavy atom. The second kappa shape index (κ2) is 10.6. The van der Waals surface area contributed by atoms with Gasteiger partial charge in [0.1, 0.15) is 0 Å². The van der Waals surface area contributed by atoms with E-state index in [1.165, 1.54) is 4.68 Å². The second-order valence-corrected chi connectivity index (χ2v) is 7.81. The molecular formula is C27H27N5O2. The summed E-state index contributed by atoms with van der Waals surface area (Å²) in [6, 6.07) is 24.5. The van der Waals surface area contributed by atoms with E-state index in [2.05, 4.69) is 34.4 Å². The molecule has 3 aromatic carbocycles. The van der Waals surface area contributed by atoms with Crippen molar-refractivity contribution < 1.29 is 4.79 Å². The molecule has 0 radical (unpaired) electrons. The number of amides is 1. The number of nitrogens with zero attached hydrogens (tertiary/aromatic N) is 4. The van der Waals surface area contributed by atoms with Gasteiger partial charge in [-0.1, -0.05) is 60.7 Å². The predicted octanol–water partition coefficient (Wildman–Crippen LogP) is 4.05. The van der Waals surface area contributed by atoms with Crippen LogP contribution in [0.25, 0.3) is 10.8 Å². The normalized spacial score (nSPS) is 11.1. The quantitative estimate of drug-likeness (QED) is 0.322. The molecule has 4 rings (SSSR count). The van der Waals surface area contributed by atoms with Gasteiger partial charge < -0.3 is 4.90 Å². The van der Waals surface area contributed by atoms with E-state index in [-0.39, 0.29) is 17.8 Å². The monoisotopic (exact) mass is 453 g/mol. The summed E-state index contributed by atoms with van der Waals surface area (Å²) in [4.78, 5) is 28.2. The van der Waals surface area contributed by atoms with E-state index in [0.717, 1.165) is 29.9 Å². The molecule has 7 heteroatoms.